The summed E-state index contributed by atoms with van der Waals surface area (Å²) >= 11 is 0. The van der Waals surface area contributed by atoms with Gasteiger partial charge >= 0.3 is 0 Å². The van der Waals surface area contributed by atoms with Gasteiger partial charge in [0.05, 0.1) is 12.1 Å². The number of nitrogens with one attached hydrogen (secondary N) is 1. The van der Waals surface area contributed by atoms with Gasteiger partial charge in [-0.15, -0.1) is 0 Å². The Labute approximate surface area is 123 Å². The van der Waals surface area contributed by atoms with E-state index >= 15 is 0 Å². The van der Waals surface area contributed by atoms with Gasteiger partial charge in [0.15, 0.2) is 0 Å². The molecule has 106 valence electrons. The van der Waals surface area contributed by atoms with Crippen LogP contribution in [0.3, 0.4) is 0 Å². The number of hydrogen-bond acceptors (Lipinski definition) is 4. The summed E-state index contributed by atoms with van der Waals surface area (Å²) in [5.41, 5.74) is 7.18. The molecule has 2 heterocycles. The monoisotopic (exact) mass is 280 g/mol. The highest BCUT2D eigenvalue weighted by Crippen LogP contribution is 2.03. The second kappa shape index (κ2) is 7.78. The fraction of sp³-hybridized carbons (Fsp3) is 0.188. The molecule has 0 saturated carbocycles. The minimum atomic E-state index is -0.243. The zero-order chi connectivity index (χ0) is 14.9. The van der Waals surface area contributed by atoms with Crippen molar-refractivity contribution in [3.8, 4) is 11.8 Å². The van der Waals surface area contributed by atoms with Gasteiger partial charge in [0.25, 0.3) is 5.91 Å². The van der Waals surface area contributed by atoms with Crippen molar-refractivity contribution in [2.75, 3.05) is 13.1 Å². The van der Waals surface area contributed by atoms with Gasteiger partial charge in [0, 0.05) is 31.1 Å². The summed E-state index contributed by atoms with van der Waals surface area (Å²) < 4.78 is 0. The lowest BCUT2D eigenvalue weighted by Crippen LogP contribution is -2.27. The molecule has 0 spiro atoms. The highest BCUT2D eigenvalue weighted by Gasteiger charge is 2.10. The Morgan fingerprint density at radius 1 is 1.19 bits per heavy atom. The molecule has 0 aromatic carbocycles. The van der Waals surface area contributed by atoms with E-state index in [-0.39, 0.29) is 12.5 Å². The zero-order valence-corrected chi connectivity index (χ0v) is 11.5. The molecule has 21 heavy (non-hydrogen) atoms. The Bertz CT molecular complexity index is 659. The predicted octanol–water partition coefficient (Wildman–Crippen LogP) is 0.759. The molecule has 0 unspecified atom stereocenters. The van der Waals surface area contributed by atoms with Crippen molar-refractivity contribution in [2.24, 2.45) is 5.73 Å². The maximum atomic E-state index is 12.1. The number of rotatable bonds is 4. The van der Waals surface area contributed by atoms with E-state index in [4.69, 9.17) is 5.73 Å². The number of hydrogen-bond donors (Lipinski definition) is 2. The highest BCUT2D eigenvalue weighted by molar-refractivity contribution is 5.94. The summed E-state index contributed by atoms with van der Waals surface area (Å²) in [5, 5.41) is 2.82. The van der Waals surface area contributed by atoms with Crippen LogP contribution in [0.15, 0.2) is 42.7 Å². The number of pyridine rings is 2. The number of carbonyl (C=O) groups excluding carboxylic acids is 1. The number of nitrogens with zero attached hydrogens (tertiary/aromatic N) is 2. The second-order valence-electron chi connectivity index (χ2n) is 4.23. The van der Waals surface area contributed by atoms with Gasteiger partial charge in [0.1, 0.15) is 5.69 Å². The third-order valence-corrected chi connectivity index (χ3v) is 2.74. The molecule has 0 radical (unpaired) electrons. The molecule has 0 bridgehead atoms. The summed E-state index contributed by atoms with van der Waals surface area (Å²) in [7, 11) is 0. The first-order valence-electron chi connectivity index (χ1n) is 6.63. The molecule has 5 heteroatoms. The van der Waals surface area contributed by atoms with E-state index in [0.29, 0.717) is 24.2 Å². The topological polar surface area (TPSA) is 80.9 Å². The van der Waals surface area contributed by atoms with Gasteiger partial charge in [-0.2, -0.15) is 0 Å². The van der Waals surface area contributed by atoms with Gasteiger partial charge in [0.2, 0.25) is 0 Å². The average molecular weight is 280 g/mol. The van der Waals surface area contributed by atoms with Gasteiger partial charge in [-0.1, -0.05) is 17.9 Å². The van der Waals surface area contributed by atoms with Crippen LogP contribution in [0.25, 0.3) is 0 Å². The molecule has 0 saturated heterocycles. The van der Waals surface area contributed by atoms with E-state index in [1.807, 2.05) is 18.2 Å². The predicted molar refractivity (Wildman–Crippen MR) is 80.4 cm³/mol. The highest BCUT2D eigenvalue weighted by atomic mass is 16.1. The van der Waals surface area contributed by atoms with Crippen LogP contribution in [0.5, 0.6) is 0 Å². The lowest BCUT2D eigenvalue weighted by Gasteiger charge is -2.05. The Morgan fingerprint density at radius 2 is 2.05 bits per heavy atom. The summed E-state index contributed by atoms with van der Waals surface area (Å²) in [5.74, 6) is 5.34. The Hall–Kier alpha value is -2.71. The average Bonchev–Trinajstić information content (AvgIpc) is 2.54. The molecule has 0 fully saturated rings. The van der Waals surface area contributed by atoms with Gasteiger partial charge in [-0.25, -0.2) is 4.98 Å². The molecular formula is C16H16N4O. The number of aromatic nitrogens is 2. The van der Waals surface area contributed by atoms with E-state index in [9.17, 15) is 4.79 Å². The van der Waals surface area contributed by atoms with Crippen molar-refractivity contribution >= 4 is 5.91 Å². The first-order valence-corrected chi connectivity index (χ1v) is 6.63. The molecule has 0 atom stereocenters. The molecule has 1 amide bonds. The van der Waals surface area contributed by atoms with Crippen molar-refractivity contribution in [2.45, 2.75) is 6.42 Å². The summed E-state index contributed by atoms with van der Waals surface area (Å²) in [6, 6.07) is 9.20. The van der Waals surface area contributed by atoms with Gasteiger partial charge < -0.3 is 11.1 Å². The molecule has 2 aromatic heterocycles. The number of amides is 1. The minimum Gasteiger partial charge on any atom is -0.350 e. The fourth-order valence-corrected chi connectivity index (χ4v) is 1.77. The van der Waals surface area contributed by atoms with Gasteiger partial charge in [-0.3, -0.25) is 9.78 Å². The van der Waals surface area contributed by atoms with Crippen molar-refractivity contribution in [1.82, 2.24) is 15.3 Å². The Morgan fingerprint density at radius 3 is 2.81 bits per heavy atom. The summed E-state index contributed by atoms with van der Waals surface area (Å²) in [6.45, 7) is 0.742. The van der Waals surface area contributed by atoms with Crippen LogP contribution < -0.4 is 11.1 Å². The lowest BCUT2D eigenvalue weighted by atomic mass is 10.2. The summed E-state index contributed by atoms with van der Waals surface area (Å²) in [4.78, 5) is 20.4. The minimum absolute atomic E-state index is 0.243. The van der Waals surface area contributed by atoms with Crippen molar-refractivity contribution < 1.29 is 4.79 Å². The van der Waals surface area contributed by atoms with Crippen LogP contribution in [0.4, 0.5) is 0 Å². The van der Waals surface area contributed by atoms with E-state index in [2.05, 4.69) is 27.1 Å². The molecule has 0 aliphatic rings. The fourth-order valence-electron chi connectivity index (χ4n) is 1.77. The molecule has 2 aromatic rings. The normalized spacial score (nSPS) is 9.57. The smallest absolute Gasteiger partial charge is 0.271 e. The van der Waals surface area contributed by atoms with Crippen LogP contribution in [0.1, 0.15) is 21.7 Å². The maximum absolute atomic E-state index is 12.1. The Kier molecular flexibility index (Phi) is 5.44. The molecule has 2 rings (SSSR count). The van der Waals surface area contributed by atoms with Crippen molar-refractivity contribution in [1.29, 1.82) is 0 Å². The third-order valence-electron chi connectivity index (χ3n) is 2.74. The van der Waals surface area contributed by atoms with E-state index in [1.54, 1.807) is 24.5 Å². The van der Waals surface area contributed by atoms with Crippen molar-refractivity contribution in [3.05, 3.63) is 59.7 Å². The number of carbonyl (C=O) groups is 1. The van der Waals surface area contributed by atoms with E-state index in [0.717, 1.165) is 5.69 Å². The standard InChI is InChI=1S/C16H16N4O/c17-9-3-5-13-6-4-11-19-15(13)16(21)20-12-8-14-7-1-2-10-18-14/h1-2,4,6-7,10-11H,8-9,12,17H2,(H,20,21). The quantitative estimate of drug-likeness (QED) is 0.810. The number of nitrogens with two attached hydrogens (primary N) is 1. The maximum Gasteiger partial charge on any atom is 0.271 e. The molecular weight excluding hydrogens is 264 g/mol. The van der Waals surface area contributed by atoms with Crippen molar-refractivity contribution in [3.63, 3.8) is 0 Å². The lowest BCUT2D eigenvalue weighted by molar-refractivity contribution is 0.0949. The van der Waals surface area contributed by atoms with E-state index < -0.39 is 0 Å². The third kappa shape index (κ3) is 4.41. The second-order valence-corrected chi connectivity index (χ2v) is 4.23. The van der Waals surface area contributed by atoms with Crippen LogP contribution >= 0.6 is 0 Å². The molecule has 5 nitrogen and oxygen atoms in total. The zero-order valence-electron chi connectivity index (χ0n) is 11.5. The largest absolute Gasteiger partial charge is 0.350 e. The Balaban J connectivity index is 1.97. The van der Waals surface area contributed by atoms with Crippen LogP contribution in [-0.2, 0) is 6.42 Å². The van der Waals surface area contributed by atoms with Gasteiger partial charge in [-0.05, 0) is 24.3 Å². The SMILES string of the molecule is NCC#Cc1cccnc1C(=O)NCCc1ccccn1. The summed E-state index contributed by atoms with van der Waals surface area (Å²) in [6.07, 6.45) is 3.97. The van der Waals surface area contributed by atoms with Crippen LogP contribution in [0, 0.1) is 11.8 Å². The first-order chi connectivity index (χ1) is 10.3. The molecule has 0 aliphatic carbocycles. The molecule has 0 aliphatic heterocycles. The van der Waals surface area contributed by atoms with Crippen LogP contribution in [0.2, 0.25) is 0 Å². The van der Waals surface area contributed by atoms with Crippen LogP contribution in [-0.4, -0.2) is 29.0 Å². The molecule has 3 N–H and O–H groups in total. The van der Waals surface area contributed by atoms with E-state index in [1.165, 1.54) is 0 Å². The first kappa shape index (κ1) is 14.7.